The number of furan rings is 1. The van der Waals surface area contributed by atoms with Crippen molar-refractivity contribution in [2.75, 3.05) is 12.4 Å². The molecular formula is C15H17F2NO2S. The van der Waals surface area contributed by atoms with Crippen LogP contribution in [0.5, 0.6) is 0 Å². The van der Waals surface area contributed by atoms with E-state index in [1.54, 1.807) is 19.2 Å². The maximum atomic E-state index is 12.1. The molecule has 0 aliphatic rings. The summed E-state index contributed by atoms with van der Waals surface area (Å²) < 4.78 is 34.9. The van der Waals surface area contributed by atoms with Gasteiger partial charge in [-0.1, -0.05) is 30.0 Å². The Hall–Kier alpha value is -1.53. The van der Waals surface area contributed by atoms with E-state index < -0.39 is 5.76 Å². The number of halogens is 2. The number of anilines is 1. The third-order valence-corrected chi connectivity index (χ3v) is 3.54. The average molecular weight is 313 g/mol. The minimum Gasteiger partial charge on any atom is -0.463 e. The van der Waals surface area contributed by atoms with Crippen molar-refractivity contribution in [1.82, 2.24) is 0 Å². The topological polar surface area (TPSA) is 34.4 Å². The normalized spacial score (nSPS) is 11.0. The lowest BCUT2D eigenvalue weighted by Crippen LogP contribution is -2.02. The number of rotatable bonds is 8. The van der Waals surface area contributed by atoms with E-state index in [1.165, 1.54) is 0 Å². The molecule has 0 aliphatic heterocycles. The fraction of sp³-hybridized carbons (Fsp3) is 0.333. The number of benzene rings is 1. The number of para-hydroxylation sites is 1. The first-order valence-corrected chi connectivity index (χ1v) is 7.52. The number of hydrogen-bond donors (Lipinski definition) is 1. The molecule has 0 saturated heterocycles. The largest absolute Gasteiger partial charge is 0.463 e. The van der Waals surface area contributed by atoms with Gasteiger partial charge in [-0.25, -0.2) is 0 Å². The van der Waals surface area contributed by atoms with Gasteiger partial charge in [0.15, 0.2) is 0 Å². The molecule has 1 N–H and O–H groups in total. The molecule has 1 aromatic carbocycles. The van der Waals surface area contributed by atoms with E-state index >= 15 is 0 Å². The Bertz CT molecular complexity index is 560. The Kier molecular flexibility index (Phi) is 6.07. The van der Waals surface area contributed by atoms with Crippen LogP contribution in [0.2, 0.25) is 0 Å². The van der Waals surface area contributed by atoms with E-state index in [-0.39, 0.29) is 5.75 Å². The summed E-state index contributed by atoms with van der Waals surface area (Å²) >= 11 is 0.557. The molecule has 0 amide bonds. The molecule has 0 radical (unpaired) electrons. The molecule has 6 heteroatoms. The number of nitrogens with one attached hydrogen (secondary N) is 1. The highest BCUT2D eigenvalue weighted by Gasteiger charge is 2.08. The molecule has 0 fully saturated rings. The summed E-state index contributed by atoms with van der Waals surface area (Å²) in [6.45, 7) is 1.03. The Morgan fingerprint density at radius 1 is 1.19 bits per heavy atom. The van der Waals surface area contributed by atoms with Crippen LogP contribution < -0.4 is 5.32 Å². The van der Waals surface area contributed by atoms with Crippen LogP contribution in [0, 0.1) is 0 Å². The zero-order chi connectivity index (χ0) is 15.1. The first-order chi connectivity index (χ1) is 10.2. The molecule has 0 atom stereocenters. The van der Waals surface area contributed by atoms with Gasteiger partial charge < -0.3 is 14.5 Å². The number of methoxy groups -OCH3 is 1. The maximum absolute atomic E-state index is 12.1. The van der Waals surface area contributed by atoms with Crippen LogP contribution in [-0.4, -0.2) is 12.9 Å². The van der Waals surface area contributed by atoms with Crippen molar-refractivity contribution in [2.45, 2.75) is 24.7 Å². The van der Waals surface area contributed by atoms with Gasteiger partial charge >= 0.3 is 0 Å². The first kappa shape index (κ1) is 15.9. The molecule has 0 unspecified atom stereocenters. The smallest absolute Gasteiger partial charge is 0.284 e. The summed E-state index contributed by atoms with van der Waals surface area (Å²) in [6, 6.07) is 11.4. The van der Waals surface area contributed by atoms with E-state index in [0.29, 0.717) is 36.4 Å². The minimum absolute atomic E-state index is 0.179. The molecule has 0 spiro atoms. The Morgan fingerprint density at radius 3 is 2.71 bits per heavy atom. The second-order valence-corrected chi connectivity index (χ2v) is 5.36. The number of ether oxygens (including phenoxy) is 1. The van der Waals surface area contributed by atoms with Crippen LogP contribution in [0.3, 0.4) is 0 Å². The second kappa shape index (κ2) is 8.05. The molecular weight excluding hydrogens is 296 g/mol. The molecule has 2 aromatic rings. The highest BCUT2D eigenvalue weighted by molar-refractivity contribution is 7.98. The van der Waals surface area contributed by atoms with Crippen molar-refractivity contribution in [1.29, 1.82) is 0 Å². The predicted octanol–water partition coefficient (Wildman–Crippen LogP) is 4.49. The molecule has 114 valence electrons. The fourth-order valence-electron chi connectivity index (χ4n) is 1.90. The van der Waals surface area contributed by atoms with Crippen molar-refractivity contribution >= 4 is 17.4 Å². The number of alkyl halides is 2. The lowest BCUT2D eigenvalue weighted by Gasteiger charge is -2.10. The quantitative estimate of drug-likeness (QED) is 0.778. The molecule has 0 aliphatic carbocycles. The summed E-state index contributed by atoms with van der Waals surface area (Å²) in [4.78, 5) is 0. The third kappa shape index (κ3) is 5.06. The van der Waals surface area contributed by atoms with Gasteiger partial charge in [-0.05, 0) is 18.2 Å². The van der Waals surface area contributed by atoms with Crippen LogP contribution in [0.1, 0.15) is 17.1 Å². The van der Waals surface area contributed by atoms with Gasteiger partial charge in [0.25, 0.3) is 5.76 Å². The van der Waals surface area contributed by atoms with Gasteiger partial charge in [-0.3, -0.25) is 0 Å². The van der Waals surface area contributed by atoms with Gasteiger partial charge in [0, 0.05) is 18.4 Å². The van der Waals surface area contributed by atoms with E-state index in [0.717, 1.165) is 11.3 Å². The van der Waals surface area contributed by atoms with Gasteiger partial charge in [-0.2, -0.15) is 8.78 Å². The van der Waals surface area contributed by atoms with Crippen molar-refractivity contribution in [3.8, 4) is 0 Å². The summed E-state index contributed by atoms with van der Waals surface area (Å²) in [5.74, 6) is -0.926. The molecule has 1 heterocycles. The summed E-state index contributed by atoms with van der Waals surface area (Å²) in [5.41, 5.74) is 2.03. The lowest BCUT2D eigenvalue weighted by atomic mass is 10.2. The Morgan fingerprint density at radius 2 is 1.95 bits per heavy atom. The summed E-state index contributed by atoms with van der Waals surface area (Å²) in [6.07, 6.45) is 0. The first-order valence-electron chi connectivity index (χ1n) is 6.47. The van der Waals surface area contributed by atoms with Crippen molar-refractivity contribution < 1.29 is 17.9 Å². The average Bonchev–Trinajstić information content (AvgIpc) is 2.92. The van der Waals surface area contributed by atoms with E-state index in [2.05, 4.69) is 5.32 Å². The van der Waals surface area contributed by atoms with Gasteiger partial charge in [0.1, 0.15) is 11.5 Å². The number of thioether (sulfide) groups is 1. The second-order valence-electron chi connectivity index (χ2n) is 4.38. The molecule has 2 rings (SSSR count). The van der Waals surface area contributed by atoms with Crippen LogP contribution in [-0.2, 0) is 23.6 Å². The monoisotopic (exact) mass is 313 g/mol. The van der Waals surface area contributed by atoms with Crippen LogP contribution >= 0.6 is 11.8 Å². The molecule has 1 aromatic heterocycles. The molecule has 3 nitrogen and oxygen atoms in total. The maximum Gasteiger partial charge on any atom is 0.284 e. The molecule has 21 heavy (non-hydrogen) atoms. The fourth-order valence-corrected chi connectivity index (χ4v) is 2.34. The van der Waals surface area contributed by atoms with E-state index in [4.69, 9.17) is 9.15 Å². The van der Waals surface area contributed by atoms with Crippen LogP contribution in [0.4, 0.5) is 14.5 Å². The van der Waals surface area contributed by atoms with E-state index in [1.807, 2.05) is 24.3 Å². The zero-order valence-electron chi connectivity index (χ0n) is 11.6. The van der Waals surface area contributed by atoms with Crippen LogP contribution in [0.15, 0.2) is 40.8 Å². The predicted molar refractivity (Wildman–Crippen MR) is 80.5 cm³/mol. The van der Waals surface area contributed by atoms with Crippen molar-refractivity contribution in [3.63, 3.8) is 0 Å². The lowest BCUT2D eigenvalue weighted by molar-refractivity contribution is 0.185. The van der Waals surface area contributed by atoms with Gasteiger partial charge in [-0.15, -0.1) is 0 Å². The van der Waals surface area contributed by atoms with E-state index in [9.17, 15) is 8.78 Å². The summed E-state index contributed by atoms with van der Waals surface area (Å²) in [5, 5.41) is 3.26. The van der Waals surface area contributed by atoms with Gasteiger partial charge in [0.05, 0.1) is 18.9 Å². The Balaban J connectivity index is 1.91. The molecule has 0 saturated carbocycles. The highest BCUT2D eigenvalue weighted by Crippen LogP contribution is 2.22. The SMILES string of the molecule is COCc1ccccc1NCc1ccc(CSC(F)F)o1. The minimum atomic E-state index is -2.38. The van der Waals surface area contributed by atoms with Gasteiger partial charge in [0.2, 0.25) is 0 Å². The standard InChI is InChI=1S/C15H17F2NO2S/c1-19-9-11-4-2-3-5-14(11)18-8-12-6-7-13(20-12)10-21-15(16)17/h2-7,15,18H,8-10H2,1H3. The number of hydrogen-bond acceptors (Lipinski definition) is 4. The van der Waals surface area contributed by atoms with Crippen molar-refractivity contribution in [2.24, 2.45) is 0 Å². The summed E-state index contributed by atoms with van der Waals surface area (Å²) in [7, 11) is 1.65. The van der Waals surface area contributed by atoms with Crippen LogP contribution in [0.25, 0.3) is 0 Å². The van der Waals surface area contributed by atoms with Crippen molar-refractivity contribution in [3.05, 3.63) is 53.5 Å². The highest BCUT2D eigenvalue weighted by atomic mass is 32.2. The third-order valence-electron chi connectivity index (χ3n) is 2.84. The Labute approximate surface area is 126 Å². The molecule has 0 bridgehead atoms. The zero-order valence-corrected chi connectivity index (χ0v) is 12.5.